The Kier molecular flexibility index (Phi) is 3.91. The molecule has 0 saturated carbocycles. The smallest absolute Gasteiger partial charge is 0.0894 e. The number of rotatable bonds is 5. The van der Waals surface area contributed by atoms with Crippen LogP contribution in [0, 0.1) is 0 Å². The monoisotopic (exact) mass is 279 g/mol. The van der Waals surface area contributed by atoms with Crippen molar-refractivity contribution in [3.05, 3.63) is 59.8 Å². The minimum atomic E-state index is 0.754. The summed E-state index contributed by atoms with van der Waals surface area (Å²) in [6.45, 7) is 5.96. The van der Waals surface area contributed by atoms with Gasteiger partial charge in [0.2, 0.25) is 0 Å². The molecule has 0 fully saturated rings. The van der Waals surface area contributed by atoms with Gasteiger partial charge in [-0.1, -0.05) is 43.3 Å². The number of aromatic nitrogens is 2. The van der Waals surface area contributed by atoms with E-state index in [0.29, 0.717) is 0 Å². The zero-order chi connectivity index (χ0) is 14.7. The summed E-state index contributed by atoms with van der Waals surface area (Å²) in [7, 11) is 0. The highest BCUT2D eigenvalue weighted by molar-refractivity contribution is 5.82. The molecule has 1 N–H and O–H groups in total. The third-order valence-corrected chi connectivity index (χ3v) is 3.88. The lowest BCUT2D eigenvalue weighted by Crippen LogP contribution is -2.04. The zero-order valence-corrected chi connectivity index (χ0v) is 12.6. The van der Waals surface area contributed by atoms with Crippen molar-refractivity contribution < 1.29 is 0 Å². The van der Waals surface area contributed by atoms with Crippen molar-refractivity contribution in [1.82, 2.24) is 9.78 Å². The van der Waals surface area contributed by atoms with E-state index in [1.165, 1.54) is 22.2 Å². The maximum Gasteiger partial charge on any atom is 0.0894 e. The van der Waals surface area contributed by atoms with Gasteiger partial charge in [-0.3, -0.25) is 4.68 Å². The first kappa shape index (κ1) is 13.7. The average molecular weight is 279 g/mol. The summed E-state index contributed by atoms with van der Waals surface area (Å²) in [5.41, 5.74) is 4.87. The van der Waals surface area contributed by atoms with Gasteiger partial charge in [-0.05, 0) is 31.0 Å². The summed E-state index contributed by atoms with van der Waals surface area (Å²) < 4.78 is 2.07. The lowest BCUT2D eigenvalue weighted by molar-refractivity contribution is 0.671. The van der Waals surface area contributed by atoms with Crippen LogP contribution >= 0.6 is 0 Å². The molecule has 2 aromatic carbocycles. The van der Waals surface area contributed by atoms with Crippen molar-refractivity contribution in [1.29, 1.82) is 0 Å². The number of anilines is 1. The van der Waals surface area contributed by atoms with Gasteiger partial charge >= 0.3 is 0 Å². The normalized spacial score (nSPS) is 11.0. The summed E-state index contributed by atoms with van der Waals surface area (Å²) in [5, 5.41) is 9.50. The summed E-state index contributed by atoms with van der Waals surface area (Å²) in [6.07, 6.45) is 1.04. The molecule has 0 atom stereocenters. The predicted molar refractivity (Wildman–Crippen MR) is 88.6 cm³/mol. The molecule has 0 saturated heterocycles. The van der Waals surface area contributed by atoms with E-state index in [-0.39, 0.29) is 0 Å². The Morgan fingerprint density at radius 1 is 1.00 bits per heavy atom. The Balaban J connectivity index is 1.88. The van der Waals surface area contributed by atoms with E-state index in [1.54, 1.807) is 0 Å². The van der Waals surface area contributed by atoms with Crippen molar-refractivity contribution in [2.75, 3.05) is 5.32 Å². The third kappa shape index (κ3) is 2.64. The average Bonchev–Trinajstić information content (AvgIpc) is 2.91. The standard InChI is InChI=1S/C18H21N3/c1-3-14-9-5-7-11-16(14)19-13-17-15-10-6-8-12-18(15)21(4-2)20-17/h5-12,19H,3-4,13H2,1-2H3. The molecule has 1 heterocycles. The molecule has 0 unspecified atom stereocenters. The quantitative estimate of drug-likeness (QED) is 0.757. The van der Waals surface area contributed by atoms with E-state index in [2.05, 4.69) is 72.4 Å². The lowest BCUT2D eigenvalue weighted by atomic mass is 10.1. The largest absolute Gasteiger partial charge is 0.379 e. The van der Waals surface area contributed by atoms with E-state index in [1.807, 2.05) is 0 Å². The van der Waals surface area contributed by atoms with Gasteiger partial charge < -0.3 is 5.32 Å². The van der Waals surface area contributed by atoms with E-state index >= 15 is 0 Å². The van der Waals surface area contributed by atoms with E-state index in [4.69, 9.17) is 5.10 Å². The molecule has 3 rings (SSSR count). The first-order valence-electron chi connectivity index (χ1n) is 7.59. The van der Waals surface area contributed by atoms with Crippen molar-refractivity contribution in [3.8, 4) is 0 Å². The van der Waals surface area contributed by atoms with Crippen molar-refractivity contribution in [2.24, 2.45) is 0 Å². The molecular weight excluding hydrogens is 258 g/mol. The first-order chi connectivity index (χ1) is 10.3. The van der Waals surface area contributed by atoms with E-state index in [0.717, 1.165) is 25.2 Å². The molecule has 3 heteroatoms. The Morgan fingerprint density at radius 3 is 2.57 bits per heavy atom. The van der Waals surface area contributed by atoms with Gasteiger partial charge in [0.05, 0.1) is 17.8 Å². The molecular formula is C18H21N3. The van der Waals surface area contributed by atoms with Crippen LogP contribution in [-0.4, -0.2) is 9.78 Å². The number of para-hydroxylation sites is 2. The number of benzene rings is 2. The first-order valence-corrected chi connectivity index (χ1v) is 7.59. The summed E-state index contributed by atoms with van der Waals surface area (Å²) in [6, 6.07) is 16.9. The van der Waals surface area contributed by atoms with Gasteiger partial charge in [0, 0.05) is 17.6 Å². The van der Waals surface area contributed by atoms with Gasteiger partial charge in [-0.2, -0.15) is 5.10 Å². The predicted octanol–water partition coefficient (Wildman–Crippen LogP) is 4.23. The van der Waals surface area contributed by atoms with Gasteiger partial charge in [-0.25, -0.2) is 0 Å². The molecule has 3 nitrogen and oxygen atoms in total. The van der Waals surface area contributed by atoms with Crippen LogP contribution in [0.15, 0.2) is 48.5 Å². The Hall–Kier alpha value is -2.29. The van der Waals surface area contributed by atoms with Crippen LogP contribution in [0.4, 0.5) is 5.69 Å². The van der Waals surface area contributed by atoms with Crippen LogP contribution in [0.3, 0.4) is 0 Å². The maximum atomic E-state index is 4.73. The number of nitrogens with one attached hydrogen (secondary N) is 1. The number of hydrogen-bond acceptors (Lipinski definition) is 2. The van der Waals surface area contributed by atoms with E-state index < -0.39 is 0 Å². The molecule has 1 aromatic heterocycles. The van der Waals surface area contributed by atoms with Crippen LogP contribution in [0.5, 0.6) is 0 Å². The Morgan fingerprint density at radius 2 is 1.76 bits per heavy atom. The molecule has 0 spiro atoms. The molecule has 21 heavy (non-hydrogen) atoms. The van der Waals surface area contributed by atoms with Crippen LogP contribution in [0.1, 0.15) is 25.1 Å². The van der Waals surface area contributed by atoms with Crippen LogP contribution in [0.25, 0.3) is 10.9 Å². The van der Waals surface area contributed by atoms with Crippen molar-refractivity contribution in [3.63, 3.8) is 0 Å². The van der Waals surface area contributed by atoms with Crippen LogP contribution in [0.2, 0.25) is 0 Å². The van der Waals surface area contributed by atoms with Crippen LogP contribution < -0.4 is 5.32 Å². The number of hydrogen-bond donors (Lipinski definition) is 1. The molecule has 3 aromatic rings. The van der Waals surface area contributed by atoms with Crippen LogP contribution in [-0.2, 0) is 19.5 Å². The highest BCUT2D eigenvalue weighted by Crippen LogP contribution is 2.21. The molecule has 0 aliphatic heterocycles. The summed E-state index contributed by atoms with van der Waals surface area (Å²) in [4.78, 5) is 0. The van der Waals surface area contributed by atoms with Gasteiger partial charge in [0.1, 0.15) is 0 Å². The fourth-order valence-electron chi connectivity index (χ4n) is 2.75. The second-order valence-corrected chi connectivity index (χ2v) is 5.14. The molecule has 108 valence electrons. The number of nitrogens with zero attached hydrogens (tertiary/aromatic N) is 2. The summed E-state index contributed by atoms with van der Waals surface area (Å²) >= 11 is 0. The summed E-state index contributed by atoms with van der Waals surface area (Å²) in [5.74, 6) is 0. The van der Waals surface area contributed by atoms with Gasteiger partial charge in [-0.15, -0.1) is 0 Å². The topological polar surface area (TPSA) is 29.9 Å². The lowest BCUT2D eigenvalue weighted by Gasteiger charge is -2.09. The molecule has 0 radical (unpaired) electrons. The number of aryl methyl sites for hydroxylation is 2. The molecule has 0 bridgehead atoms. The molecule has 0 aliphatic carbocycles. The highest BCUT2D eigenvalue weighted by Gasteiger charge is 2.09. The Labute approximate surface area is 125 Å². The van der Waals surface area contributed by atoms with Gasteiger partial charge in [0.15, 0.2) is 0 Å². The molecule has 0 amide bonds. The van der Waals surface area contributed by atoms with Crippen molar-refractivity contribution >= 4 is 16.6 Å². The minimum absolute atomic E-state index is 0.754. The second kappa shape index (κ2) is 6.00. The second-order valence-electron chi connectivity index (χ2n) is 5.14. The minimum Gasteiger partial charge on any atom is -0.379 e. The van der Waals surface area contributed by atoms with Gasteiger partial charge in [0.25, 0.3) is 0 Å². The fourth-order valence-corrected chi connectivity index (χ4v) is 2.75. The zero-order valence-electron chi connectivity index (χ0n) is 12.6. The van der Waals surface area contributed by atoms with E-state index in [9.17, 15) is 0 Å². The Bertz CT molecular complexity index is 743. The fraction of sp³-hybridized carbons (Fsp3) is 0.278. The van der Waals surface area contributed by atoms with Crippen molar-refractivity contribution in [2.45, 2.75) is 33.4 Å². The SMILES string of the molecule is CCc1ccccc1NCc1nn(CC)c2ccccc12. The molecule has 0 aliphatic rings. The number of fused-ring (bicyclic) bond motifs is 1. The highest BCUT2D eigenvalue weighted by atomic mass is 15.3. The third-order valence-electron chi connectivity index (χ3n) is 3.88. The maximum absolute atomic E-state index is 4.73.